The van der Waals surface area contributed by atoms with Gasteiger partial charge in [-0.25, -0.2) is 0 Å². The molecular weight excluding hydrogens is 406 g/mol. The highest BCUT2D eigenvalue weighted by atomic mass is 79.9. The SMILES string of the molecule is CCn1ncc(Cl)c1C(=O)Nc1nn(Cc2ccc(C)cc2)cc1Br. The number of hydrogen-bond donors (Lipinski definition) is 1. The Bertz CT molecular complexity index is 900. The molecule has 2 heterocycles. The molecule has 3 rings (SSSR count). The van der Waals surface area contributed by atoms with E-state index in [4.69, 9.17) is 11.6 Å². The summed E-state index contributed by atoms with van der Waals surface area (Å²) >= 11 is 9.50. The molecule has 0 aliphatic heterocycles. The molecule has 0 aliphatic carbocycles. The maximum Gasteiger partial charge on any atom is 0.276 e. The lowest BCUT2D eigenvalue weighted by Crippen LogP contribution is -2.18. The monoisotopic (exact) mass is 421 g/mol. The first kappa shape index (κ1) is 17.7. The van der Waals surface area contributed by atoms with Gasteiger partial charge in [0, 0.05) is 12.7 Å². The summed E-state index contributed by atoms with van der Waals surface area (Å²) in [6.07, 6.45) is 3.29. The third-order valence-corrected chi connectivity index (χ3v) is 4.58. The number of nitrogens with zero attached hydrogens (tertiary/aromatic N) is 4. The minimum absolute atomic E-state index is 0.314. The maximum atomic E-state index is 12.5. The second kappa shape index (κ2) is 7.41. The van der Waals surface area contributed by atoms with Gasteiger partial charge >= 0.3 is 0 Å². The number of rotatable bonds is 5. The molecule has 0 unspecified atom stereocenters. The quantitative estimate of drug-likeness (QED) is 0.672. The first-order valence-corrected chi connectivity index (χ1v) is 8.96. The number of carbonyl (C=O) groups excluding carboxylic acids is 1. The Morgan fingerprint density at radius 1 is 1.32 bits per heavy atom. The summed E-state index contributed by atoms with van der Waals surface area (Å²) in [5.74, 6) is 0.0997. The fourth-order valence-electron chi connectivity index (χ4n) is 2.44. The molecule has 0 saturated carbocycles. The van der Waals surface area contributed by atoms with Gasteiger partial charge in [0.2, 0.25) is 0 Å². The first-order valence-electron chi connectivity index (χ1n) is 7.79. The normalized spacial score (nSPS) is 10.9. The number of anilines is 1. The predicted molar refractivity (Wildman–Crippen MR) is 101 cm³/mol. The Hall–Kier alpha value is -2.12. The van der Waals surface area contributed by atoms with Crippen molar-refractivity contribution in [3.05, 3.63) is 63.0 Å². The van der Waals surface area contributed by atoms with E-state index in [1.807, 2.05) is 20.0 Å². The molecule has 25 heavy (non-hydrogen) atoms. The maximum absolute atomic E-state index is 12.5. The number of benzene rings is 1. The van der Waals surface area contributed by atoms with Crippen molar-refractivity contribution in [2.75, 3.05) is 5.32 Å². The second-order valence-corrected chi connectivity index (χ2v) is 6.88. The topological polar surface area (TPSA) is 64.7 Å². The van der Waals surface area contributed by atoms with Crippen LogP contribution in [0, 0.1) is 6.92 Å². The lowest BCUT2D eigenvalue weighted by atomic mass is 10.1. The molecule has 0 fully saturated rings. The van der Waals surface area contributed by atoms with Crippen molar-refractivity contribution in [2.24, 2.45) is 0 Å². The largest absolute Gasteiger partial charge is 0.303 e. The van der Waals surface area contributed by atoms with E-state index in [1.54, 1.807) is 9.36 Å². The molecule has 1 amide bonds. The van der Waals surface area contributed by atoms with Crippen molar-refractivity contribution in [1.29, 1.82) is 0 Å². The summed E-state index contributed by atoms with van der Waals surface area (Å²) < 4.78 is 4.02. The molecule has 130 valence electrons. The number of carbonyl (C=O) groups is 1. The van der Waals surface area contributed by atoms with Crippen LogP contribution in [0.2, 0.25) is 5.02 Å². The van der Waals surface area contributed by atoms with Crippen molar-refractivity contribution >= 4 is 39.3 Å². The van der Waals surface area contributed by atoms with Crippen LogP contribution < -0.4 is 5.32 Å². The molecule has 1 N–H and O–H groups in total. The summed E-state index contributed by atoms with van der Waals surface area (Å²) in [6.45, 7) is 5.11. The Balaban J connectivity index is 1.77. The van der Waals surface area contributed by atoms with Crippen LogP contribution in [0.15, 0.2) is 41.1 Å². The molecule has 0 aliphatic rings. The molecule has 3 aromatic rings. The van der Waals surface area contributed by atoms with E-state index < -0.39 is 0 Å². The van der Waals surface area contributed by atoms with Gasteiger partial charge < -0.3 is 5.32 Å². The summed E-state index contributed by atoms with van der Waals surface area (Å²) in [6, 6.07) is 8.24. The fraction of sp³-hybridized carbons (Fsp3) is 0.235. The number of amides is 1. The predicted octanol–water partition coefficient (Wildman–Crippen LogP) is 4.12. The van der Waals surface area contributed by atoms with Crippen LogP contribution >= 0.6 is 27.5 Å². The van der Waals surface area contributed by atoms with Gasteiger partial charge in [0.05, 0.1) is 22.2 Å². The summed E-state index contributed by atoms with van der Waals surface area (Å²) in [5, 5.41) is 11.6. The molecule has 2 aromatic heterocycles. The lowest BCUT2D eigenvalue weighted by Gasteiger charge is -2.06. The molecule has 0 radical (unpaired) electrons. The number of hydrogen-bond acceptors (Lipinski definition) is 3. The summed E-state index contributed by atoms with van der Waals surface area (Å²) in [4.78, 5) is 12.5. The average molecular weight is 423 g/mol. The zero-order chi connectivity index (χ0) is 18.0. The van der Waals surface area contributed by atoms with Crippen LogP contribution in [0.25, 0.3) is 0 Å². The van der Waals surface area contributed by atoms with Crippen molar-refractivity contribution < 1.29 is 4.79 Å². The molecule has 0 bridgehead atoms. The van der Waals surface area contributed by atoms with Crippen LogP contribution in [0.5, 0.6) is 0 Å². The van der Waals surface area contributed by atoms with Gasteiger partial charge in [-0.1, -0.05) is 41.4 Å². The van der Waals surface area contributed by atoms with E-state index in [9.17, 15) is 4.79 Å². The minimum Gasteiger partial charge on any atom is -0.303 e. The molecule has 1 aromatic carbocycles. The average Bonchev–Trinajstić information content (AvgIpc) is 3.12. The third kappa shape index (κ3) is 3.93. The fourth-order valence-corrected chi connectivity index (χ4v) is 3.08. The first-order chi connectivity index (χ1) is 12.0. The van der Waals surface area contributed by atoms with Gasteiger partial charge in [0.15, 0.2) is 5.82 Å². The van der Waals surface area contributed by atoms with Crippen molar-refractivity contribution in [3.8, 4) is 0 Å². The van der Waals surface area contributed by atoms with Gasteiger partial charge in [-0.2, -0.15) is 10.2 Å². The highest BCUT2D eigenvalue weighted by Gasteiger charge is 2.19. The number of nitrogens with one attached hydrogen (secondary N) is 1. The number of aromatic nitrogens is 4. The number of aryl methyl sites for hydroxylation is 2. The molecular formula is C17H17BrClN5O. The zero-order valence-corrected chi connectivity index (χ0v) is 16.2. The van der Waals surface area contributed by atoms with E-state index in [-0.39, 0.29) is 5.91 Å². The molecule has 8 heteroatoms. The third-order valence-electron chi connectivity index (χ3n) is 3.72. The minimum atomic E-state index is -0.342. The summed E-state index contributed by atoms with van der Waals surface area (Å²) in [7, 11) is 0. The van der Waals surface area contributed by atoms with Gasteiger partial charge in [-0.05, 0) is 35.3 Å². The number of halogens is 2. The van der Waals surface area contributed by atoms with E-state index in [0.717, 1.165) is 5.56 Å². The Morgan fingerprint density at radius 2 is 2.04 bits per heavy atom. The Labute approximate surface area is 158 Å². The van der Waals surface area contributed by atoms with Crippen molar-refractivity contribution in [1.82, 2.24) is 19.6 Å². The van der Waals surface area contributed by atoms with Crippen LogP contribution in [0.1, 0.15) is 28.5 Å². The van der Waals surface area contributed by atoms with Crippen LogP contribution in [-0.4, -0.2) is 25.5 Å². The molecule has 0 saturated heterocycles. The summed E-state index contributed by atoms with van der Waals surface area (Å²) in [5.41, 5.74) is 2.66. The van der Waals surface area contributed by atoms with Crippen LogP contribution in [0.4, 0.5) is 5.82 Å². The van der Waals surface area contributed by atoms with E-state index in [0.29, 0.717) is 34.1 Å². The Kier molecular flexibility index (Phi) is 5.24. The van der Waals surface area contributed by atoms with Crippen LogP contribution in [0.3, 0.4) is 0 Å². The van der Waals surface area contributed by atoms with Crippen molar-refractivity contribution in [3.63, 3.8) is 0 Å². The molecule has 0 spiro atoms. The van der Waals surface area contributed by atoms with E-state index in [2.05, 4.69) is 55.7 Å². The zero-order valence-electron chi connectivity index (χ0n) is 13.8. The molecule has 6 nitrogen and oxygen atoms in total. The Morgan fingerprint density at radius 3 is 2.72 bits per heavy atom. The molecule has 0 atom stereocenters. The smallest absolute Gasteiger partial charge is 0.276 e. The van der Waals surface area contributed by atoms with E-state index >= 15 is 0 Å². The van der Waals surface area contributed by atoms with E-state index in [1.165, 1.54) is 11.8 Å². The highest BCUT2D eigenvalue weighted by Crippen LogP contribution is 2.23. The van der Waals surface area contributed by atoms with Gasteiger partial charge in [-0.3, -0.25) is 14.2 Å². The van der Waals surface area contributed by atoms with Gasteiger partial charge in [-0.15, -0.1) is 0 Å². The highest BCUT2D eigenvalue weighted by molar-refractivity contribution is 9.10. The van der Waals surface area contributed by atoms with Crippen molar-refractivity contribution in [2.45, 2.75) is 26.9 Å². The second-order valence-electron chi connectivity index (χ2n) is 5.62. The van der Waals surface area contributed by atoms with Gasteiger partial charge in [0.25, 0.3) is 5.91 Å². The standard InChI is InChI=1S/C17H17BrClN5O/c1-3-24-15(14(19)8-20-24)17(25)21-16-13(18)10-23(22-16)9-12-6-4-11(2)5-7-12/h4-8,10H,3,9H2,1-2H3,(H,21,22,25). The van der Waals surface area contributed by atoms with Gasteiger partial charge in [0.1, 0.15) is 5.69 Å². The lowest BCUT2D eigenvalue weighted by molar-refractivity contribution is 0.101. The van der Waals surface area contributed by atoms with Crippen LogP contribution in [-0.2, 0) is 13.1 Å².